The van der Waals surface area contributed by atoms with Gasteiger partial charge in [-0.3, -0.25) is 9.36 Å². The van der Waals surface area contributed by atoms with Crippen molar-refractivity contribution >= 4 is 47.6 Å². The summed E-state index contributed by atoms with van der Waals surface area (Å²) in [6, 6.07) is 2.36. The van der Waals surface area contributed by atoms with Gasteiger partial charge in [0, 0.05) is 16.9 Å². The summed E-state index contributed by atoms with van der Waals surface area (Å²) in [5, 5.41) is 21.3. The summed E-state index contributed by atoms with van der Waals surface area (Å²) >= 11 is 6.30. The molecule has 0 saturated carbocycles. The largest absolute Gasteiger partial charge is 0.493 e. The van der Waals surface area contributed by atoms with E-state index in [4.69, 9.17) is 21.7 Å². The van der Waals surface area contributed by atoms with Gasteiger partial charge >= 0.3 is 5.97 Å². The number of hydrogen-bond donors (Lipinski definition) is 2. The number of aromatic nitrogens is 1. The minimum Gasteiger partial charge on any atom is -0.493 e. The summed E-state index contributed by atoms with van der Waals surface area (Å²) in [7, 11) is 0. The molecule has 10 heteroatoms. The van der Waals surface area contributed by atoms with Crippen LogP contribution in [-0.4, -0.2) is 33.4 Å². The molecule has 150 valence electrons. The number of benzene rings is 1. The minimum atomic E-state index is -1.09. The predicted octanol–water partition coefficient (Wildman–Crippen LogP) is 2.02. The molecule has 0 spiro atoms. The Labute approximate surface area is 173 Å². The lowest BCUT2D eigenvalue weighted by atomic mass is 10.0. The number of aromatic hydroxyl groups is 1. The van der Waals surface area contributed by atoms with Crippen LogP contribution in [0.15, 0.2) is 22.7 Å². The molecule has 0 aliphatic carbocycles. The second-order valence-electron chi connectivity index (χ2n) is 6.88. The van der Waals surface area contributed by atoms with Gasteiger partial charge in [-0.05, 0) is 36.4 Å². The molecule has 1 aromatic heterocycles. The third-order valence-corrected chi connectivity index (χ3v) is 5.93. The van der Waals surface area contributed by atoms with Gasteiger partial charge in [-0.25, -0.2) is 9.79 Å². The van der Waals surface area contributed by atoms with Gasteiger partial charge in [0.05, 0.1) is 10.2 Å². The van der Waals surface area contributed by atoms with E-state index in [2.05, 4.69) is 4.99 Å². The lowest BCUT2D eigenvalue weighted by Crippen LogP contribution is -2.30. The molecule has 0 saturated heterocycles. The van der Waals surface area contributed by atoms with Crippen molar-refractivity contribution < 1.29 is 29.3 Å². The molecule has 2 N–H and O–H groups in total. The van der Waals surface area contributed by atoms with Crippen molar-refractivity contribution in [2.24, 2.45) is 10.9 Å². The van der Waals surface area contributed by atoms with E-state index in [1.807, 2.05) is 0 Å². The quantitative estimate of drug-likeness (QED) is 0.562. The van der Waals surface area contributed by atoms with Crippen LogP contribution in [0, 0.1) is 9.87 Å². The summed E-state index contributed by atoms with van der Waals surface area (Å²) in [6.07, 6.45) is 3.10. The maximum Gasteiger partial charge on any atom is 0.327 e. The predicted molar refractivity (Wildman–Crippen MR) is 107 cm³/mol. The van der Waals surface area contributed by atoms with E-state index in [1.54, 1.807) is 32.1 Å². The fourth-order valence-electron chi connectivity index (χ4n) is 3.23. The molecule has 4 rings (SSSR count). The van der Waals surface area contributed by atoms with E-state index in [-0.39, 0.29) is 28.1 Å². The molecule has 1 aromatic carbocycles. The van der Waals surface area contributed by atoms with Gasteiger partial charge in [0.25, 0.3) is 5.91 Å². The first-order valence-corrected chi connectivity index (χ1v) is 9.92. The summed E-state index contributed by atoms with van der Waals surface area (Å²) in [5.74, 6) is -1.07. The lowest BCUT2D eigenvalue weighted by molar-refractivity contribution is -0.142. The van der Waals surface area contributed by atoms with E-state index in [0.29, 0.717) is 27.0 Å². The molecule has 29 heavy (non-hydrogen) atoms. The number of fused-ring (bicyclic) bond motifs is 2. The Balaban J connectivity index is 1.81. The van der Waals surface area contributed by atoms with E-state index >= 15 is 0 Å². The van der Waals surface area contributed by atoms with Crippen LogP contribution in [-0.2, 0) is 9.59 Å². The number of thiazole rings is 1. The van der Waals surface area contributed by atoms with Crippen molar-refractivity contribution in [2.45, 2.75) is 19.9 Å². The number of carboxylic acid groups (broad SMARTS) is 1. The van der Waals surface area contributed by atoms with Gasteiger partial charge < -0.3 is 19.7 Å². The molecule has 1 amide bonds. The fourth-order valence-corrected chi connectivity index (χ4v) is 4.57. The molecular weight excluding hydrogens is 416 g/mol. The molecule has 3 heterocycles. The van der Waals surface area contributed by atoms with Crippen LogP contribution in [0.25, 0.3) is 12.2 Å². The molecule has 0 radical (unpaired) electrons. The number of hydrogen-bond acceptors (Lipinski definition) is 7. The molecule has 8 nitrogen and oxygen atoms in total. The van der Waals surface area contributed by atoms with Crippen molar-refractivity contribution in [3.63, 3.8) is 0 Å². The number of aliphatic carboxylic acids is 1. The molecule has 1 atom stereocenters. The van der Waals surface area contributed by atoms with Gasteiger partial charge in [0.2, 0.25) is 12.7 Å². The van der Waals surface area contributed by atoms with Crippen molar-refractivity contribution in [1.82, 2.24) is 4.57 Å². The number of amides is 1. The van der Waals surface area contributed by atoms with Crippen LogP contribution in [0.1, 0.15) is 24.8 Å². The van der Waals surface area contributed by atoms with E-state index < -0.39 is 17.9 Å². The molecule has 2 aliphatic rings. The maximum absolute atomic E-state index is 12.5. The van der Waals surface area contributed by atoms with E-state index in [9.17, 15) is 19.8 Å². The van der Waals surface area contributed by atoms with Crippen LogP contribution < -0.4 is 20.0 Å². The van der Waals surface area contributed by atoms with Crippen LogP contribution in [0.4, 0.5) is 0 Å². The third kappa shape index (κ3) is 3.34. The molecule has 0 unspecified atom stereocenters. The fraction of sp³-hybridized carbons (Fsp3) is 0.263. The summed E-state index contributed by atoms with van der Waals surface area (Å²) < 4.78 is 12.1. The van der Waals surface area contributed by atoms with Crippen molar-refractivity contribution in [2.75, 3.05) is 6.79 Å². The number of carbonyl (C=O) groups excluding carboxylic acids is 1. The standard InChI is InChI=1S/C19H16N2O6S2/c1-8(2)15(18(24)25)21-17(23)14(29-19(21)28)5-10-3-9-4-12-13(27-7-26-12)6-11(9)20-16(10)22/h3-6,8,15,23H,7H2,1-2H3,(H,24,25)/t15-/m0/s1. The Morgan fingerprint density at radius 3 is 2.69 bits per heavy atom. The Hall–Kier alpha value is -2.98. The Morgan fingerprint density at radius 1 is 1.34 bits per heavy atom. The first-order valence-electron chi connectivity index (χ1n) is 8.69. The van der Waals surface area contributed by atoms with E-state index in [0.717, 1.165) is 11.3 Å². The van der Waals surface area contributed by atoms with Crippen LogP contribution >= 0.6 is 23.6 Å². The average molecular weight is 432 g/mol. The summed E-state index contributed by atoms with van der Waals surface area (Å²) in [5.41, 5.74) is 0.242. The SMILES string of the molecule is CC(C)[C@@H](C(=O)O)n1c(O)c(C=C2C=c3cc4c(cc3=NC2=O)OCO4)sc1=S. The topological polar surface area (TPSA) is 110 Å². The van der Waals surface area contributed by atoms with Crippen LogP contribution in [0.3, 0.4) is 0 Å². The molecule has 0 fully saturated rings. The first-order chi connectivity index (χ1) is 13.8. The highest BCUT2D eigenvalue weighted by atomic mass is 32.1. The van der Waals surface area contributed by atoms with Crippen molar-refractivity contribution in [3.05, 3.63) is 37.1 Å². The van der Waals surface area contributed by atoms with Gasteiger partial charge in [0.1, 0.15) is 6.04 Å². The average Bonchev–Trinajstić information content (AvgIpc) is 3.19. The molecular formula is C19H16N2O6S2. The minimum absolute atomic E-state index is 0.111. The number of rotatable bonds is 4. The van der Waals surface area contributed by atoms with Crippen LogP contribution in [0.2, 0.25) is 0 Å². The molecule has 2 aliphatic heterocycles. The molecule has 0 bridgehead atoms. The monoisotopic (exact) mass is 432 g/mol. The lowest BCUT2D eigenvalue weighted by Gasteiger charge is -2.18. The summed E-state index contributed by atoms with van der Waals surface area (Å²) in [6.45, 7) is 3.57. The van der Waals surface area contributed by atoms with Gasteiger partial charge in [0.15, 0.2) is 15.5 Å². The first kappa shape index (κ1) is 19.3. The van der Waals surface area contributed by atoms with E-state index in [1.165, 1.54) is 10.6 Å². The molecule has 2 aromatic rings. The number of ether oxygens (including phenoxy) is 2. The highest BCUT2D eigenvalue weighted by Gasteiger charge is 2.28. The Kier molecular flexibility index (Phi) is 4.75. The van der Waals surface area contributed by atoms with Gasteiger partial charge in [-0.15, -0.1) is 11.3 Å². The maximum atomic E-state index is 12.5. The Bertz CT molecular complexity index is 1250. The van der Waals surface area contributed by atoms with Crippen molar-refractivity contribution in [3.8, 4) is 17.4 Å². The normalized spacial score (nSPS) is 17.1. The number of nitrogens with zero attached hydrogens (tertiary/aromatic N) is 2. The third-order valence-electron chi connectivity index (χ3n) is 4.59. The Morgan fingerprint density at radius 2 is 2.03 bits per heavy atom. The van der Waals surface area contributed by atoms with Crippen LogP contribution in [0.5, 0.6) is 17.4 Å². The number of carboxylic acids is 1. The highest BCUT2D eigenvalue weighted by Crippen LogP contribution is 2.35. The number of carbonyl (C=O) groups is 2. The van der Waals surface area contributed by atoms with Gasteiger partial charge in [-0.2, -0.15) is 0 Å². The zero-order valence-electron chi connectivity index (χ0n) is 15.4. The second-order valence-corrected chi connectivity index (χ2v) is 8.55. The van der Waals surface area contributed by atoms with Gasteiger partial charge in [-0.1, -0.05) is 13.8 Å². The smallest absolute Gasteiger partial charge is 0.327 e. The summed E-state index contributed by atoms with van der Waals surface area (Å²) in [4.78, 5) is 28.5. The highest BCUT2D eigenvalue weighted by molar-refractivity contribution is 7.73. The second kappa shape index (κ2) is 7.12. The zero-order chi connectivity index (χ0) is 20.9. The zero-order valence-corrected chi connectivity index (χ0v) is 17.0. The van der Waals surface area contributed by atoms with Crippen molar-refractivity contribution in [1.29, 1.82) is 0 Å².